The Labute approximate surface area is 172 Å². The SMILES string of the molecule is CC[C@@H](C(=O)O)n1c(=O)n(C(C)c2c[nH]c3cccc(C)c23)c2ccc(C#N)cc21. The van der Waals surface area contributed by atoms with Crippen LogP contribution in [-0.2, 0) is 4.79 Å². The van der Waals surface area contributed by atoms with E-state index >= 15 is 0 Å². The number of nitriles is 1. The number of H-pyrrole nitrogens is 1. The number of imidazole rings is 1. The standard InChI is InChI=1S/C23H22N4O3/c1-4-18(22(28)29)27-20-10-15(11-24)8-9-19(20)26(23(27)30)14(3)16-12-25-17-7-5-6-13(2)21(16)17/h5-10,12,14,18,25H,4H2,1-3H3,(H,28,29)/t14?,18-/m0/s1. The van der Waals surface area contributed by atoms with Crippen molar-refractivity contribution in [1.82, 2.24) is 14.1 Å². The number of carboxylic acids is 1. The zero-order valence-electron chi connectivity index (χ0n) is 17.0. The fraction of sp³-hybridized carbons (Fsp3) is 0.261. The van der Waals surface area contributed by atoms with Crippen LogP contribution in [0, 0.1) is 18.3 Å². The fourth-order valence-electron chi connectivity index (χ4n) is 4.32. The van der Waals surface area contributed by atoms with Crippen LogP contribution in [0.2, 0.25) is 0 Å². The van der Waals surface area contributed by atoms with Crippen molar-refractivity contribution in [2.24, 2.45) is 0 Å². The molecule has 2 aromatic carbocycles. The first-order chi connectivity index (χ1) is 14.4. The Balaban J connectivity index is 2.04. The molecule has 7 heteroatoms. The van der Waals surface area contributed by atoms with E-state index < -0.39 is 17.7 Å². The summed E-state index contributed by atoms with van der Waals surface area (Å²) in [5.41, 5.74) is 4.07. The van der Waals surface area contributed by atoms with Crippen molar-refractivity contribution in [2.45, 2.75) is 39.3 Å². The molecule has 0 aliphatic heterocycles. The molecular weight excluding hydrogens is 380 g/mol. The number of benzene rings is 2. The van der Waals surface area contributed by atoms with Crippen molar-refractivity contribution in [1.29, 1.82) is 5.26 Å². The van der Waals surface area contributed by atoms with Gasteiger partial charge < -0.3 is 10.1 Å². The van der Waals surface area contributed by atoms with Gasteiger partial charge in [0.05, 0.1) is 28.7 Å². The van der Waals surface area contributed by atoms with Crippen LogP contribution in [0.4, 0.5) is 0 Å². The van der Waals surface area contributed by atoms with E-state index in [1.54, 1.807) is 29.7 Å². The highest BCUT2D eigenvalue weighted by Crippen LogP contribution is 2.31. The summed E-state index contributed by atoms with van der Waals surface area (Å²) >= 11 is 0. The van der Waals surface area contributed by atoms with Crippen molar-refractivity contribution < 1.29 is 9.90 Å². The zero-order valence-corrected chi connectivity index (χ0v) is 17.0. The number of aryl methyl sites for hydroxylation is 1. The van der Waals surface area contributed by atoms with E-state index in [1.807, 2.05) is 38.2 Å². The minimum atomic E-state index is -1.07. The van der Waals surface area contributed by atoms with Gasteiger partial charge in [-0.15, -0.1) is 0 Å². The van der Waals surface area contributed by atoms with Gasteiger partial charge in [0.2, 0.25) is 0 Å². The molecule has 2 heterocycles. The van der Waals surface area contributed by atoms with Gasteiger partial charge in [0.25, 0.3) is 0 Å². The Morgan fingerprint density at radius 3 is 2.67 bits per heavy atom. The molecular formula is C23H22N4O3. The van der Waals surface area contributed by atoms with Crippen LogP contribution < -0.4 is 5.69 Å². The highest BCUT2D eigenvalue weighted by Gasteiger charge is 2.27. The van der Waals surface area contributed by atoms with Gasteiger partial charge in [0, 0.05) is 22.7 Å². The lowest BCUT2D eigenvalue weighted by atomic mass is 10.0. The monoisotopic (exact) mass is 402 g/mol. The predicted octanol–water partition coefficient (Wildman–Crippen LogP) is 4.11. The summed E-state index contributed by atoms with van der Waals surface area (Å²) in [5.74, 6) is -1.07. The molecule has 2 atom stereocenters. The molecule has 0 bridgehead atoms. The van der Waals surface area contributed by atoms with E-state index in [0.717, 1.165) is 22.0 Å². The summed E-state index contributed by atoms with van der Waals surface area (Å²) < 4.78 is 2.92. The quantitative estimate of drug-likeness (QED) is 0.524. The average Bonchev–Trinajstić information content (AvgIpc) is 3.28. The molecule has 0 fully saturated rings. The first-order valence-corrected chi connectivity index (χ1v) is 9.85. The minimum Gasteiger partial charge on any atom is -0.480 e. The second-order valence-electron chi connectivity index (χ2n) is 7.52. The number of fused-ring (bicyclic) bond motifs is 2. The van der Waals surface area contributed by atoms with Gasteiger partial charge in [-0.2, -0.15) is 5.26 Å². The number of aromatic nitrogens is 3. The van der Waals surface area contributed by atoms with Gasteiger partial charge in [-0.1, -0.05) is 19.1 Å². The van der Waals surface area contributed by atoms with Gasteiger partial charge in [-0.25, -0.2) is 9.59 Å². The Morgan fingerprint density at radius 2 is 2.00 bits per heavy atom. The summed E-state index contributed by atoms with van der Waals surface area (Å²) in [7, 11) is 0. The molecule has 4 rings (SSSR count). The smallest absolute Gasteiger partial charge is 0.330 e. The van der Waals surface area contributed by atoms with E-state index in [2.05, 4.69) is 11.1 Å². The van der Waals surface area contributed by atoms with Crippen molar-refractivity contribution in [3.63, 3.8) is 0 Å². The summed E-state index contributed by atoms with van der Waals surface area (Å²) in [6.07, 6.45) is 2.15. The van der Waals surface area contributed by atoms with Gasteiger partial charge >= 0.3 is 11.7 Å². The molecule has 0 radical (unpaired) electrons. The summed E-state index contributed by atoms with van der Waals surface area (Å²) in [6.45, 7) is 5.68. The largest absolute Gasteiger partial charge is 0.480 e. The number of nitrogens with one attached hydrogen (secondary N) is 1. The molecule has 0 aliphatic carbocycles. The number of hydrogen-bond donors (Lipinski definition) is 2. The molecule has 30 heavy (non-hydrogen) atoms. The number of aromatic amines is 1. The predicted molar refractivity (Wildman–Crippen MR) is 115 cm³/mol. The molecule has 2 aromatic heterocycles. The van der Waals surface area contributed by atoms with E-state index in [0.29, 0.717) is 16.6 Å². The molecule has 0 spiro atoms. The zero-order chi connectivity index (χ0) is 21.6. The molecule has 4 aromatic rings. The second kappa shape index (κ2) is 7.23. The topological polar surface area (TPSA) is 104 Å². The van der Waals surface area contributed by atoms with E-state index in [4.69, 9.17) is 0 Å². The maximum absolute atomic E-state index is 13.5. The van der Waals surface area contributed by atoms with Crippen molar-refractivity contribution in [3.05, 3.63) is 69.8 Å². The molecule has 0 amide bonds. The van der Waals surface area contributed by atoms with Crippen LogP contribution in [0.15, 0.2) is 47.4 Å². The van der Waals surface area contributed by atoms with Crippen LogP contribution in [0.3, 0.4) is 0 Å². The number of carbonyl (C=O) groups is 1. The lowest BCUT2D eigenvalue weighted by Crippen LogP contribution is -2.32. The Bertz CT molecular complexity index is 1380. The van der Waals surface area contributed by atoms with Crippen molar-refractivity contribution in [2.75, 3.05) is 0 Å². The van der Waals surface area contributed by atoms with Gasteiger partial charge in [0.15, 0.2) is 0 Å². The molecule has 1 unspecified atom stereocenters. The van der Waals surface area contributed by atoms with Crippen LogP contribution in [0.1, 0.15) is 49.0 Å². The van der Waals surface area contributed by atoms with E-state index in [-0.39, 0.29) is 12.5 Å². The molecule has 7 nitrogen and oxygen atoms in total. The fourth-order valence-corrected chi connectivity index (χ4v) is 4.32. The number of rotatable bonds is 5. The highest BCUT2D eigenvalue weighted by atomic mass is 16.4. The lowest BCUT2D eigenvalue weighted by molar-refractivity contribution is -0.141. The van der Waals surface area contributed by atoms with Crippen molar-refractivity contribution >= 4 is 27.9 Å². The maximum Gasteiger partial charge on any atom is 0.330 e. The normalized spacial score (nSPS) is 13.4. The second-order valence-corrected chi connectivity index (χ2v) is 7.52. The number of hydrogen-bond acceptors (Lipinski definition) is 3. The van der Waals surface area contributed by atoms with Gasteiger partial charge in [0.1, 0.15) is 6.04 Å². The third-order valence-corrected chi connectivity index (χ3v) is 5.80. The summed E-state index contributed by atoms with van der Waals surface area (Å²) in [6, 6.07) is 11.7. The summed E-state index contributed by atoms with van der Waals surface area (Å²) in [4.78, 5) is 28.7. The minimum absolute atomic E-state index is 0.256. The average molecular weight is 402 g/mol. The molecule has 2 N–H and O–H groups in total. The van der Waals surface area contributed by atoms with Gasteiger partial charge in [-0.05, 0) is 50.1 Å². The van der Waals surface area contributed by atoms with Crippen LogP contribution in [-0.4, -0.2) is 25.2 Å². The molecule has 0 saturated carbocycles. The third-order valence-electron chi connectivity index (χ3n) is 5.80. The first-order valence-electron chi connectivity index (χ1n) is 9.85. The lowest BCUT2D eigenvalue weighted by Gasteiger charge is -2.15. The van der Waals surface area contributed by atoms with Crippen LogP contribution in [0.5, 0.6) is 0 Å². The van der Waals surface area contributed by atoms with Crippen LogP contribution in [0.25, 0.3) is 21.9 Å². The van der Waals surface area contributed by atoms with Gasteiger partial charge in [-0.3, -0.25) is 9.13 Å². The third kappa shape index (κ3) is 2.80. The van der Waals surface area contributed by atoms with Crippen LogP contribution >= 0.6 is 0 Å². The summed E-state index contributed by atoms with van der Waals surface area (Å²) in [5, 5.41) is 20.1. The highest BCUT2D eigenvalue weighted by molar-refractivity contribution is 5.87. The first kappa shape index (κ1) is 19.5. The van der Waals surface area contributed by atoms with E-state index in [1.165, 1.54) is 4.57 Å². The maximum atomic E-state index is 13.5. The van der Waals surface area contributed by atoms with E-state index in [9.17, 15) is 20.0 Å². The Hall–Kier alpha value is -3.79. The molecule has 0 aliphatic rings. The number of carboxylic acid groups (broad SMARTS) is 1. The Morgan fingerprint density at radius 1 is 1.23 bits per heavy atom. The Kier molecular flexibility index (Phi) is 4.70. The van der Waals surface area contributed by atoms with Crippen molar-refractivity contribution in [3.8, 4) is 6.07 Å². The molecule has 0 saturated heterocycles. The number of nitrogens with zero attached hydrogens (tertiary/aromatic N) is 3. The number of aliphatic carboxylic acids is 1. The molecule has 152 valence electrons.